The first-order valence-corrected chi connectivity index (χ1v) is 7.31. The van der Waals surface area contributed by atoms with Gasteiger partial charge in [0.05, 0.1) is 23.3 Å². The summed E-state index contributed by atoms with van der Waals surface area (Å²) in [5.41, 5.74) is 13.0. The fourth-order valence-electron chi connectivity index (χ4n) is 1.47. The molecule has 0 aliphatic heterocycles. The van der Waals surface area contributed by atoms with Gasteiger partial charge in [0.1, 0.15) is 12.2 Å². The lowest BCUT2D eigenvalue weighted by Gasteiger charge is -2.18. The van der Waals surface area contributed by atoms with Crippen molar-refractivity contribution in [1.29, 1.82) is 0 Å². The predicted molar refractivity (Wildman–Crippen MR) is 86.3 cm³/mol. The molecule has 0 radical (unpaired) electrons. The van der Waals surface area contributed by atoms with Crippen LogP contribution in [0.15, 0.2) is 36.4 Å². The van der Waals surface area contributed by atoms with E-state index >= 15 is 0 Å². The van der Waals surface area contributed by atoms with E-state index in [0.29, 0.717) is 11.6 Å². The zero-order chi connectivity index (χ0) is 20.3. The van der Waals surface area contributed by atoms with Crippen LogP contribution in [0, 0.1) is 13.8 Å². The first-order chi connectivity index (χ1) is 12.0. The number of nitrogen functional groups attached to an aromatic ring is 2. The zero-order valence-electron chi connectivity index (χ0n) is 14.3. The first-order valence-electron chi connectivity index (χ1n) is 7.31. The Kier molecular flexibility index (Phi) is 9.93. The molecule has 0 aliphatic carbocycles. The normalized spacial score (nSPS) is 11.7. The van der Waals surface area contributed by atoms with Gasteiger partial charge in [-0.2, -0.15) is 0 Å². The van der Waals surface area contributed by atoms with Crippen LogP contribution in [0.4, 0.5) is 11.6 Å². The van der Waals surface area contributed by atoms with Crippen molar-refractivity contribution in [1.82, 2.24) is 0 Å². The summed E-state index contributed by atoms with van der Waals surface area (Å²) in [6.07, 6.45) is -4.88. The summed E-state index contributed by atoms with van der Waals surface area (Å²) in [6.45, 7) is 3.94. The molecule has 0 amide bonds. The van der Waals surface area contributed by atoms with Crippen LogP contribution in [-0.4, -0.2) is 34.4 Å². The Balaban J connectivity index is 0.000000363. The van der Waals surface area contributed by atoms with Gasteiger partial charge in [-0.05, 0) is 26.0 Å². The highest BCUT2D eigenvalue weighted by molar-refractivity contribution is 5.80. The third-order valence-electron chi connectivity index (χ3n) is 2.71. The maximum Gasteiger partial charge on any atom is 0.270 e. The Morgan fingerprint density at radius 1 is 0.846 bits per heavy atom. The standard InChI is InChI=1S/2C6H8N2.C4H6O6/c2*1-5-3-2-4-6(7)8-5;5-1(3(7)8)2(6)4(9)10/h2*2-4H,1H3,(H2,7,8);1-2,5-6H,(H,7,8)(H,9,10)/t;;1-,2-/m..1/s1. The molecule has 2 heterocycles. The number of nitrogens with one attached hydrogen (secondary N) is 2. The number of aliphatic hydroxyl groups excluding tert-OH is 2. The highest BCUT2D eigenvalue weighted by atomic mass is 16.4. The molecule has 2 rings (SSSR count). The Labute approximate surface area is 149 Å². The van der Waals surface area contributed by atoms with E-state index in [4.69, 9.17) is 21.7 Å². The summed E-state index contributed by atoms with van der Waals surface area (Å²) in [4.78, 5) is 25.2. The number of anilines is 2. The summed E-state index contributed by atoms with van der Waals surface area (Å²) < 4.78 is 0. The van der Waals surface area contributed by atoms with E-state index in [1.165, 1.54) is 0 Å². The fraction of sp³-hybridized carbons (Fsp3) is 0.250. The second-order valence-electron chi connectivity index (χ2n) is 5.11. The number of aryl methyl sites for hydroxylation is 2. The van der Waals surface area contributed by atoms with Gasteiger partial charge in [-0.25, -0.2) is 9.97 Å². The van der Waals surface area contributed by atoms with Crippen molar-refractivity contribution >= 4 is 23.6 Å². The quantitative estimate of drug-likeness (QED) is 0.420. The monoisotopic (exact) mass is 366 g/mol. The molecule has 8 N–H and O–H groups in total. The number of aliphatic carboxylic acids is 2. The van der Waals surface area contributed by atoms with Crippen LogP contribution in [0.3, 0.4) is 0 Å². The maximum atomic E-state index is 9.63. The van der Waals surface area contributed by atoms with E-state index in [-0.39, 0.29) is 0 Å². The second kappa shape index (κ2) is 11.3. The summed E-state index contributed by atoms with van der Waals surface area (Å²) in [5, 5.41) is 35.7. The van der Waals surface area contributed by atoms with E-state index in [1.54, 1.807) is 0 Å². The number of carboxylic acids is 2. The van der Waals surface area contributed by atoms with E-state index < -0.39 is 24.1 Å². The average Bonchev–Trinajstić information content (AvgIpc) is 2.54. The minimum Gasteiger partial charge on any atom is -0.547 e. The molecule has 142 valence electrons. The third kappa shape index (κ3) is 9.80. The molecule has 0 aromatic carbocycles. The van der Waals surface area contributed by atoms with Gasteiger partial charge in [-0.15, -0.1) is 0 Å². The van der Waals surface area contributed by atoms with Gasteiger partial charge in [-0.1, -0.05) is 12.1 Å². The number of aliphatic hydroxyl groups is 2. The van der Waals surface area contributed by atoms with Crippen molar-refractivity contribution in [3.05, 3.63) is 47.8 Å². The van der Waals surface area contributed by atoms with Crippen LogP contribution in [0.2, 0.25) is 0 Å². The van der Waals surface area contributed by atoms with Gasteiger partial charge >= 0.3 is 0 Å². The van der Waals surface area contributed by atoms with E-state index in [1.807, 2.05) is 50.2 Å². The van der Waals surface area contributed by atoms with Crippen LogP contribution in [0.5, 0.6) is 0 Å². The molecular weight excluding hydrogens is 344 g/mol. The number of pyridine rings is 2. The Morgan fingerprint density at radius 2 is 1.15 bits per heavy atom. The molecule has 0 saturated heterocycles. The Hall–Kier alpha value is -3.24. The van der Waals surface area contributed by atoms with Gasteiger partial charge in [0, 0.05) is 12.1 Å². The third-order valence-corrected chi connectivity index (χ3v) is 2.71. The van der Waals surface area contributed by atoms with Crippen LogP contribution >= 0.6 is 0 Å². The largest absolute Gasteiger partial charge is 0.547 e. The van der Waals surface area contributed by atoms with E-state index in [9.17, 15) is 19.8 Å². The molecule has 0 aliphatic rings. The summed E-state index contributed by atoms with van der Waals surface area (Å²) in [5.74, 6) is -2.69. The summed E-state index contributed by atoms with van der Waals surface area (Å²) in [6, 6.07) is 11.4. The first kappa shape index (κ1) is 22.8. The number of hydrogen-bond acceptors (Lipinski definition) is 8. The van der Waals surface area contributed by atoms with Crippen LogP contribution in [-0.2, 0) is 9.59 Å². The molecular formula is C16H22N4O6. The number of hydrogen-bond donors (Lipinski definition) is 4. The summed E-state index contributed by atoms with van der Waals surface area (Å²) >= 11 is 0. The molecule has 26 heavy (non-hydrogen) atoms. The second-order valence-corrected chi connectivity index (χ2v) is 5.11. The fourth-order valence-corrected chi connectivity index (χ4v) is 1.47. The highest BCUT2D eigenvalue weighted by Gasteiger charge is 2.17. The predicted octanol–water partition coefficient (Wildman–Crippen LogP) is -4.01. The van der Waals surface area contributed by atoms with Crippen molar-refractivity contribution in [3.8, 4) is 0 Å². The average molecular weight is 366 g/mol. The molecule has 0 saturated carbocycles. The van der Waals surface area contributed by atoms with Crippen molar-refractivity contribution in [2.24, 2.45) is 0 Å². The SMILES string of the molecule is Cc1cccc(N)[nH+]1.Cc1cccc(N)[nH+]1.O=C([O-])[C@H](O)[C@@H](O)C(=O)[O-]. The molecule has 10 heteroatoms. The highest BCUT2D eigenvalue weighted by Crippen LogP contribution is 1.91. The molecule has 2 aromatic heterocycles. The molecule has 0 unspecified atom stereocenters. The maximum absolute atomic E-state index is 9.63. The number of H-pyrrole nitrogens is 2. The Morgan fingerprint density at radius 3 is 1.31 bits per heavy atom. The van der Waals surface area contributed by atoms with Crippen molar-refractivity contribution < 1.29 is 40.0 Å². The summed E-state index contributed by atoms with van der Waals surface area (Å²) in [7, 11) is 0. The molecule has 0 bridgehead atoms. The Bertz CT molecular complexity index is 629. The lowest BCUT2D eigenvalue weighted by Crippen LogP contribution is -2.51. The van der Waals surface area contributed by atoms with Gasteiger partial charge in [0.2, 0.25) is 0 Å². The van der Waals surface area contributed by atoms with Crippen molar-refractivity contribution in [2.45, 2.75) is 26.1 Å². The number of carbonyl (C=O) groups is 2. The van der Waals surface area contributed by atoms with E-state index in [2.05, 4.69) is 9.97 Å². The minimum absolute atomic E-state index is 0.713. The molecule has 10 nitrogen and oxygen atoms in total. The van der Waals surface area contributed by atoms with Crippen LogP contribution in [0.25, 0.3) is 0 Å². The molecule has 2 aromatic rings. The topological polar surface area (TPSA) is 201 Å². The van der Waals surface area contributed by atoms with Crippen molar-refractivity contribution in [3.63, 3.8) is 0 Å². The molecule has 0 fully saturated rings. The smallest absolute Gasteiger partial charge is 0.270 e. The zero-order valence-corrected chi connectivity index (χ0v) is 14.3. The van der Waals surface area contributed by atoms with Crippen LogP contribution < -0.4 is 31.6 Å². The molecule has 0 spiro atoms. The van der Waals surface area contributed by atoms with E-state index in [0.717, 1.165) is 11.4 Å². The van der Waals surface area contributed by atoms with Gasteiger partial charge in [0.25, 0.3) is 11.6 Å². The number of aromatic amines is 2. The number of aromatic nitrogens is 2. The minimum atomic E-state index is -2.44. The number of rotatable bonds is 3. The van der Waals surface area contributed by atoms with Gasteiger partial charge in [-0.3, -0.25) is 11.5 Å². The lowest BCUT2D eigenvalue weighted by atomic mass is 10.2. The lowest BCUT2D eigenvalue weighted by molar-refractivity contribution is -0.370. The number of nitrogens with two attached hydrogens (primary N) is 2. The number of carboxylic acid groups (broad SMARTS) is 2. The van der Waals surface area contributed by atoms with Crippen molar-refractivity contribution in [2.75, 3.05) is 11.5 Å². The van der Waals surface area contributed by atoms with Gasteiger partial charge in [0.15, 0.2) is 0 Å². The van der Waals surface area contributed by atoms with Gasteiger partial charge < -0.3 is 30.0 Å². The number of carbonyl (C=O) groups excluding carboxylic acids is 2. The molecule has 2 atom stereocenters. The van der Waals surface area contributed by atoms with Crippen LogP contribution in [0.1, 0.15) is 11.4 Å².